The Morgan fingerprint density at radius 2 is 2.00 bits per heavy atom. The van der Waals surface area contributed by atoms with Crippen LogP contribution in [0.1, 0.15) is 34.1 Å². The third-order valence-corrected chi connectivity index (χ3v) is 4.08. The highest BCUT2D eigenvalue weighted by atomic mass is 16.5. The van der Waals surface area contributed by atoms with Crippen LogP contribution in [0.15, 0.2) is 18.2 Å². The number of ether oxygens (including phenoxy) is 1. The Kier molecular flexibility index (Phi) is 4.23. The van der Waals surface area contributed by atoms with Gasteiger partial charge in [-0.25, -0.2) is 0 Å². The van der Waals surface area contributed by atoms with Gasteiger partial charge in [-0.05, 0) is 44.2 Å². The van der Waals surface area contributed by atoms with Gasteiger partial charge in [-0.3, -0.25) is 0 Å². The summed E-state index contributed by atoms with van der Waals surface area (Å²) >= 11 is 0. The van der Waals surface area contributed by atoms with Crippen LogP contribution in [0.5, 0.6) is 5.75 Å². The van der Waals surface area contributed by atoms with Crippen molar-refractivity contribution < 1.29 is 4.74 Å². The minimum absolute atomic E-state index is 0.151. The minimum Gasteiger partial charge on any atom is -0.489 e. The van der Waals surface area contributed by atoms with Crippen molar-refractivity contribution in [3.63, 3.8) is 0 Å². The van der Waals surface area contributed by atoms with Gasteiger partial charge >= 0.3 is 0 Å². The Balaban J connectivity index is 2.20. The SMILES string of the molecule is CC(C)Oc1cccc(N2CCC(C)C(C)C2)c1N. The molecule has 19 heavy (non-hydrogen) atoms. The van der Waals surface area contributed by atoms with E-state index in [0.717, 1.165) is 36.1 Å². The van der Waals surface area contributed by atoms with E-state index in [2.05, 4.69) is 24.8 Å². The van der Waals surface area contributed by atoms with E-state index in [1.54, 1.807) is 0 Å². The smallest absolute Gasteiger partial charge is 0.144 e. The molecule has 0 bridgehead atoms. The summed E-state index contributed by atoms with van der Waals surface area (Å²) in [5, 5.41) is 0. The fourth-order valence-corrected chi connectivity index (χ4v) is 2.65. The third kappa shape index (κ3) is 3.14. The lowest BCUT2D eigenvalue weighted by Gasteiger charge is -2.37. The lowest BCUT2D eigenvalue weighted by molar-refractivity contribution is 0.244. The number of hydrogen-bond donors (Lipinski definition) is 1. The van der Waals surface area contributed by atoms with Crippen molar-refractivity contribution in [2.75, 3.05) is 23.7 Å². The van der Waals surface area contributed by atoms with Gasteiger partial charge in [0.1, 0.15) is 5.75 Å². The lowest BCUT2D eigenvalue weighted by atomic mass is 9.88. The summed E-state index contributed by atoms with van der Waals surface area (Å²) < 4.78 is 5.77. The molecular formula is C16H26N2O. The van der Waals surface area contributed by atoms with Crippen molar-refractivity contribution in [3.05, 3.63) is 18.2 Å². The Bertz CT molecular complexity index is 431. The Morgan fingerprint density at radius 1 is 1.26 bits per heavy atom. The molecule has 0 saturated carbocycles. The van der Waals surface area contributed by atoms with Crippen molar-refractivity contribution in [3.8, 4) is 5.75 Å². The number of piperidine rings is 1. The molecule has 1 heterocycles. The maximum atomic E-state index is 6.28. The molecule has 0 aromatic heterocycles. The molecular weight excluding hydrogens is 236 g/mol. The zero-order valence-corrected chi connectivity index (χ0v) is 12.5. The summed E-state index contributed by atoms with van der Waals surface area (Å²) in [6.45, 7) is 10.9. The number of nitrogens with two attached hydrogens (primary N) is 1. The van der Waals surface area contributed by atoms with Crippen LogP contribution in [0.25, 0.3) is 0 Å². The number of hydrogen-bond acceptors (Lipinski definition) is 3. The van der Waals surface area contributed by atoms with Crippen molar-refractivity contribution >= 4 is 11.4 Å². The fraction of sp³-hybridized carbons (Fsp3) is 0.625. The van der Waals surface area contributed by atoms with Gasteiger partial charge in [0.25, 0.3) is 0 Å². The third-order valence-electron chi connectivity index (χ3n) is 4.08. The standard InChI is InChI=1S/C16H26N2O/c1-11(2)19-15-7-5-6-14(16(15)17)18-9-8-12(3)13(4)10-18/h5-7,11-13H,8-10,17H2,1-4H3. The first-order valence-electron chi connectivity index (χ1n) is 7.29. The van der Waals surface area contributed by atoms with Crippen LogP contribution in [0, 0.1) is 11.8 Å². The van der Waals surface area contributed by atoms with Crippen LogP contribution >= 0.6 is 0 Å². The van der Waals surface area contributed by atoms with Gasteiger partial charge in [0.15, 0.2) is 0 Å². The molecule has 0 amide bonds. The summed E-state index contributed by atoms with van der Waals surface area (Å²) in [5.41, 5.74) is 8.17. The van der Waals surface area contributed by atoms with E-state index in [9.17, 15) is 0 Å². The largest absolute Gasteiger partial charge is 0.489 e. The van der Waals surface area contributed by atoms with Crippen LogP contribution in [0.2, 0.25) is 0 Å². The number of nitrogen functional groups attached to an aromatic ring is 1. The van der Waals surface area contributed by atoms with Gasteiger partial charge in [0, 0.05) is 13.1 Å². The Labute approximate surface area is 116 Å². The molecule has 2 atom stereocenters. The normalized spacial score (nSPS) is 23.7. The lowest BCUT2D eigenvalue weighted by Crippen LogP contribution is -2.38. The molecule has 1 aromatic carbocycles. The van der Waals surface area contributed by atoms with Crippen LogP contribution in [-0.4, -0.2) is 19.2 Å². The number of anilines is 2. The van der Waals surface area contributed by atoms with E-state index in [0.29, 0.717) is 5.92 Å². The van der Waals surface area contributed by atoms with E-state index in [1.165, 1.54) is 6.42 Å². The molecule has 1 fully saturated rings. The number of nitrogens with zero attached hydrogens (tertiary/aromatic N) is 1. The van der Waals surface area contributed by atoms with Crippen LogP contribution in [0.3, 0.4) is 0 Å². The molecule has 0 spiro atoms. The maximum absolute atomic E-state index is 6.28. The first-order valence-corrected chi connectivity index (χ1v) is 7.29. The second kappa shape index (κ2) is 5.72. The number of benzene rings is 1. The molecule has 3 nitrogen and oxygen atoms in total. The quantitative estimate of drug-likeness (QED) is 0.847. The van der Waals surface area contributed by atoms with Gasteiger partial charge < -0.3 is 15.4 Å². The predicted molar refractivity (Wildman–Crippen MR) is 81.8 cm³/mol. The first-order chi connectivity index (χ1) is 8.99. The second-order valence-corrected chi connectivity index (χ2v) is 6.04. The fourth-order valence-electron chi connectivity index (χ4n) is 2.65. The van der Waals surface area contributed by atoms with Crippen molar-refractivity contribution in [2.24, 2.45) is 11.8 Å². The Morgan fingerprint density at radius 3 is 2.63 bits per heavy atom. The van der Waals surface area contributed by atoms with Gasteiger partial charge in [-0.15, -0.1) is 0 Å². The number of rotatable bonds is 3. The summed E-state index contributed by atoms with van der Waals surface area (Å²) in [5.74, 6) is 2.31. The highest BCUT2D eigenvalue weighted by Crippen LogP contribution is 2.36. The summed E-state index contributed by atoms with van der Waals surface area (Å²) in [6, 6.07) is 6.09. The molecule has 2 unspecified atom stereocenters. The van der Waals surface area contributed by atoms with Gasteiger partial charge in [0.2, 0.25) is 0 Å². The zero-order chi connectivity index (χ0) is 14.0. The molecule has 1 aliphatic heterocycles. The zero-order valence-electron chi connectivity index (χ0n) is 12.5. The maximum Gasteiger partial charge on any atom is 0.144 e. The average Bonchev–Trinajstić information content (AvgIpc) is 2.35. The van der Waals surface area contributed by atoms with E-state index in [4.69, 9.17) is 10.5 Å². The molecule has 2 N–H and O–H groups in total. The summed E-state index contributed by atoms with van der Waals surface area (Å²) in [6.07, 6.45) is 1.38. The van der Waals surface area contributed by atoms with Gasteiger partial charge in [-0.2, -0.15) is 0 Å². The predicted octanol–water partition coefficient (Wildman–Crippen LogP) is 3.54. The van der Waals surface area contributed by atoms with Crippen LogP contribution in [-0.2, 0) is 0 Å². The highest BCUT2D eigenvalue weighted by molar-refractivity contribution is 5.74. The molecule has 0 radical (unpaired) electrons. The average molecular weight is 262 g/mol. The van der Waals surface area contributed by atoms with E-state index in [1.807, 2.05) is 26.0 Å². The number of para-hydroxylation sites is 1. The monoisotopic (exact) mass is 262 g/mol. The van der Waals surface area contributed by atoms with Crippen molar-refractivity contribution in [1.82, 2.24) is 0 Å². The molecule has 3 heteroatoms. The van der Waals surface area contributed by atoms with Crippen molar-refractivity contribution in [1.29, 1.82) is 0 Å². The topological polar surface area (TPSA) is 38.5 Å². The van der Waals surface area contributed by atoms with Crippen LogP contribution < -0.4 is 15.4 Å². The molecule has 1 aliphatic rings. The molecule has 1 aromatic rings. The van der Waals surface area contributed by atoms with Crippen molar-refractivity contribution in [2.45, 2.75) is 40.2 Å². The summed E-state index contributed by atoms with van der Waals surface area (Å²) in [4.78, 5) is 2.40. The molecule has 106 valence electrons. The molecule has 0 aliphatic carbocycles. The van der Waals surface area contributed by atoms with Gasteiger partial charge in [-0.1, -0.05) is 19.9 Å². The highest BCUT2D eigenvalue weighted by Gasteiger charge is 2.24. The van der Waals surface area contributed by atoms with E-state index < -0.39 is 0 Å². The molecule has 1 saturated heterocycles. The van der Waals surface area contributed by atoms with Crippen LogP contribution in [0.4, 0.5) is 11.4 Å². The first kappa shape index (κ1) is 14.0. The summed E-state index contributed by atoms with van der Waals surface area (Å²) in [7, 11) is 0. The van der Waals surface area contributed by atoms with Gasteiger partial charge in [0.05, 0.1) is 17.5 Å². The minimum atomic E-state index is 0.151. The molecule has 2 rings (SSSR count). The van der Waals surface area contributed by atoms with E-state index in [-0.39, 0.29) is 6.10 Å². The second-order valence-electron chi connectivity index (χ2n) is 6.04. The Hall–Kier alpha value is -1.38. The van der Waals surface area contributed by atoms with E-state index >= 15 is 0 Å².